The highest BCUT2D eigenvalue weighted by Crippen LogP contribution is 2.19. The molecule has 0 unspecified atom stereocenters. The molecule has 0 aliphatic heterocycles. The van der Waals surface area contributed by atoms with E-state index < -0.39 is 17.4 Å². The third-order valence-electron chi connectivity index (χ3n) is 2.02. The number of rotatable bonds is 5. The Morgan fingerprint density at radius 1 is 1.33 bits per heavy atom. The maximum absolute atomic E-state index is 11.3. The predicted molar refractivity (Wildman–Crippen MR) is 57.6 cm³/mol. The molecule has 3 N–H and O–H groups in total. The first kappa shape index (κ1) is 13.9. The van der Waals surface area contributed by atoms with Gasteiger partial charge in [0, 0.05) is 13.0 Å². The van der Waals surface area contributed by atoms with Crippen LogP contribution in [0.1, 0.15) is 27.2 Å². The van der Waals surface area contributed by atoms with Gasteiger partial charge in [0.15, 0.2) is 0 Å². The van der Waals surface area contributed by atoms with Gasteiger partial charge >= 0.3 is 5.97 Å². The van der Waals surface area contributed by atoms with E-state index in [0.717, 1.165) is 0 Å². The Balaban J connectivity index is 4.31. The first-order valence-electron chi connectivity index (χ1n) is 4.95. The molecule has 5 nitrogen and oxygen atoms in total. The van der Waals surface area contributed by atoms with Crippen molar-refractivity contribution in [2.45, 2.75) is 33.2 Å². The molecule has 0 radical (unpaired) electrons. The van der Waals surface area contributed by atoms with Crippen molar-refractivity contribution in [1.82, 2.24) is 10.6 Å². The summed E-state index contributed by atoms with van der Waals surface area (Å²) in [4.78, 5) is 22.3. The van der Waals surface area contributed by atoms with Crippen LogP contribution >= 0.6 is 0 Å². The minimum Gasteiger partial charge on any atom is -0.480 e. The van der Waals surface area contributed by atoms with Gasteiger partial charge in [-0.25, -0.2) is 4.79 Å². The zero-order valence-corrected chi connectivity index (χ0v) is 9.76. The average Bonchev–Trinajstić information content (AvgIpc) is 2.08. The quantitative estimate of drug-likeness (QED) is 0.614. The average molecular weight is 216 g/mol. The van der Waals surface area contributed by atoms with Gasteiger partial charge < -0.3 is 15.7 Å². The van der Waals surface area contributed by atoms with Crippen LogP contribution in [0.25, 0.3) is 0 Å². The SMILES string of the molecule is CNCCC(=O)N[C@@H](C(=O)O)C(C)(C)C. The highest BCUT2D eigenvalue weighted by atomic mass is 16.4. The van der Waals surface area contributed by atoms with E-state index in [0.29, 0.717) is 6.54 Å². The summed E-state index contributed by atoms with van der Waals surface area (Å²) < 4.78 is 0. The van der Waals surface area contributed by atoms with Crippen LogP contribution in [0.5, 0.6) is 0 Å². The van der Waals surface area contributed by atoms with Gasteiger partial charge in [-0.05, 0) is 12.5 Å². The van der Waals surface area contributed by atoms with Crippen LogP contribution in [0.2, 0.25) is 0 Å². The van der Waals surface area contributed by atoms with E-state index in [9.17, 15) is 9.59 Å². The number of carbonyl (C=O) groups is 2. The number of carboxylic acid groups (broad SMARTS) is 1. The summed E-state index contributed by atoms with van der Waals surface area (Å²) in [6, 6.07) is -0.846. The Bertz CT molecular complexity index is 233. The number of hydrogen-bond donors (Lipinski definition) is 3. The van der Waals surface area contributed by atoms with Gasteiger partial charge in [0.2, 0.25) is 5.91 Å². The number of aliphatic carboxylic acids is 1. The maximum atomic E-state index is 11.3. The van der Waals surface area contributed by atoms with Gasteiger partial charge in [-0.15, -0.1) is 0 Å². The molecule has 0 rings (SSSR count). The van der Waals surface area contributed by atoms with Crippen LogP contribution in [0.15, 0.2) is 0 Å². The molecule has 0 saturated carbocycles. The highest BCUT2D eigenvalue weighted by Gasteiger charge is 2.32. The van der Waals surface area contributed by atoms with Crippen molar-refractivity contribution < 1.29 is 14.7 Å². The lowest BCUT2D eigenvalue weighted by Gasteiger charge is -2.27. The fraction of sp³-hybridized carbons (Fsp3) is 0.800. The Hall–Kier alpha value is -1.10. The van der Waals surface area contributed by atoms with E-state index in [4.69, 9.17) is 5.11 Å². The third-order valence-corrected chi connectivity index (χ3v) is 2.02. The zero-order valence-electron chi connectivity index (χ0n) is 9.76. The number of hydrogen-bond acceptors (Lipinski definition) is 3. The van der Waals surface area contributed by atoms with E-state index in [1.54, 1.807) is 27.8 Å². The smallest absolute Gasteiger partial charge is 0.326 e. The fourth-order valence-electron chi connectivity index (χ4n) is 1.12. The number of carboxylic acids is 1. The van der Waals surface area contributed by atoms with Crippen LogP contribution < -0.4 is 10.6 Å². The van der Waals surface area contributed by atoms with Crippen molar-refractivity contribution in [2.24, 2.45) is 5.41 Å². The first-order chi connectivity index (χ1) is 6.79. The van der Waals surface area contributed by atoms with Gasteiger partial charge in [-0.1, -0.05) is 20.8 Å². The van der Waals surface area contributed by atoms with Gasteiger partial charge in [-0.2, -0.15) is 0 Å². The summed E-state index contributed by atoms with van der Waals surface area (Å²) in [6.07, 6.45) is 0.288. The van der Waals surface area contributed by atoms with Gasteiger partial charge in [0.25, 0.3) is 0 Å². The molecule has 88 valence electrons. The number of nitrogens with one attached hydrogen (secondary N) is 2. The normalized spacial score (nSPS) is 13.3. The summed E-state index contributed by atoms with van der Waals surface area (Å²) in [7, 11) is 1.74. The summed E-state index contributed by atoms with van der Waals surface area (Å²) in [5.74, 6) is -1.24. The van der Waals surface area contributed by atoms with Crippen LogP contribution in [0.4, 0.5) is 0 Å². The lowest BCUT2D eigenvalue weighted by atomic mass is 9.86. The fourth-order valence-corrected chi connectivity index (χ4v) is 1.12. The molecule has 1 atom stereocenters. The summed E-state index contributed by atoms with van der Waals surface area (Å²) in [5, 5.41) is 14.3. The Morgan fingerprint density at radius 3 is 2.20 bits per heavy atom. The molecule has 0 fully saturated rings. The Morgan fingerprint density at radius 2 is 1.87 bits per heavy atom. The minimum absolute atomic E-state index is 0.244. The van der Waals surface area contributed by atoms with Crippen molar-refractivity contribution in [3.63, 3.8) is 0 Å². The van der Waals surface area contributed by atoms with Gasteiger partial charge in [-0.3, -0.25) is 4.79 Å². The van der Waals surface area contributed by atoms with Crippen molar-refractivity contribution >= 4 is 11.9 Å². The molecule has 0 aliphatic carbocycles. The maximum Gasteiger partial charge on any atom is 0.326 e. The van der Waals surface area contributed by atoms with Crippen LogP contribution in [-0.2, 0) is 9.59 Å². The van der Waals surface area contributed by atoms with Crippen LogP contribution in [0.3, 0.4) is 0 Å². The second-order valence-corrected chi connectivity index (χ2v) is 4.56. The summed E-state index contributed by atoms with van der Waals surface area (Å²) in [5.41, 5.74) is -0.485. The summed E-state index contributed by atoms with van der Waals surface area (Å²) >= 11 is 0. The Kier molecular flexibility index (Phi) is 5.28. The topological polar surface area (TPSA) is 78.4 Å². The van der Waals surface area contributed by atoms with E-state index in [-0.39, 0.29) is 12.3 Å². The second kappa shape index (κ2) is 5.70. The molecular weight excluding hydrogens is 196 g/mol. The minimum atomic E-state index is -1.000. The molecule has 1 amide bonds. The standard InChI is InChI=1S/C10H20N2O3/c1-10(2,3)8(9(14)15)12-7(13)5-6-11-4/h8,11H,5-6H2,1-4H3,(H,12,13)(H,14,15)/t8-/m0/s1. The monoisotopic (exact) mass is 216 g/mol. The molecular formula is C10H20N2O3. The van der Waals surface area contributed by atoms with Gasteiger partial charge in [0.1, 0.15) is 6.04 Å². The molecule has 15 heavy (non-hydrogen) atoms. The van der Waals surface area contributed by atoms with Crippen molar-refractivity contribution in [3.05, 3.63) is 0 Å². The largest absolute Gasteiger partial charge is 0.480 e. The van der Waals surface area contributed by atoms with E-state index in [2.05, 4.69) is 10.6 Å². The Labute approximate surface area is 90.2 Å². The molecule has 0 aromatic rings. The summed E-state index contributed by atoms with van der Waals surface area (Å²) in [6.45, 7) is 5.89. The molecule has 0 saturated heterocycles. The van der Waals surface area contributed by atoms with Crippen LogP contribution in [-0.4, -0.2) is 36.6 Å². The third kappa shape index (κ3) is 5.37. The molecule has 0 aliphatic rings. The highest BCUT2D eigenvalue weighted by molar-refractivity contribution is 5.84. The molecule has 0 heterocycles. The van der Waals surface area contributed by atoms with Crippen molar-refractivity contribution in [3.8, 4) is 0 Å². The lowest BCUT2D eigenvalue weighted by Crippen LogP contribution is -2.49. The van der Waals surface area contributed by atoms with E-state index in [1.807, 2.05) is 0 Å². The van der Waals surface area contributed by atoms with E-state index in [1.165, 1.54) is 0 Å². The molecule has 0 bridgehead atoms. The molecule has 0 aromatic carbocycles. The molecule has 0 spiro atoms. The van der Waals surface area contributed by atoms with Crippen LogP contribution in [0, 0.1) is 5.41 Å². The van der Waals surface area contributed by atoms with E-state index >= 15 is 0 Å². The van der Waals surface area contributed by atoms with Gasteiger partial charge in [0.05, 0.1) is 0 Å². The first-order valence-corrected chi connectivity index (χ1v) is 4.95. The number of carbonyl (C=O) groups excluding carboxylic acids is 1. The molecule has 5 heteroatoms. The van der Waals surface area contributed by atoms with Crippen molar-refractivity contribution in [1.29, 1.82) is 0 Å². The second-order valence-electron chi connectivity index (χ2n) is 4.56. The number of amides is 1. The lowest BCUT2D eigenvalue weighted by molar-refractivity contribution is -0.144. The predicted octanol–water partition coefficient (Wildman–Crippen LogP) is 0.211. The molecule has 0 aromatic heterocycles. The van der Waals surface area contributed by atoms with Crippen molar-refractivity contribution in [2.75, 3.05) is 13.6 Å². The zero-order chi connectivity index (χ0) is 12.1.